The van der Waals surface area contributed by atoms with Gasteiger partial charge in [0, 0.05) is 24.2 Å². The van der Waals surface area contributed by atoms with Gasteiger partial charge < -0.3 is 15.0 Å². The molecule has 2 amide bonds. The summed E-state index contributed by atoms with van der Waals surface area (Å²) in [5.41, 5.74) is 1.62. The summed E-state index contributed by atoms with van der Waals surface area (Å²) in [4.78, 5) is 40.8. The van der Waals surface area contributed by atoms with Gasteiger partial charge in [0.25, 0.3) is 5.91 Å². The number of fused-ring (bicyclic) bond motifs is 1. The highest BCUT2D eigenvalue weighted by Gasteiger charge is 2.55. The fourth-order valence-electron chi connectivity index (χ4n) is 5.35. The number of nitrogens with zero attached hydrogens (tertiary/aromatic N) is 1. The molecule has 0 saturated heterocycles. The summed E-state index contributed by atoms with van der Waals surface area (Å²) in [6.07, 6.45) is 5.40. The first-order valence-electron chi connectivity index (χ1n) is 11.4. The number of amides is 2. The van der Waals surface area contributed by atoms with Crippen molar-refractivity contribution in [1.29, 1.82) is 0 Å². The highest BCUT2D eigenvalue weighted by molar-refractivity contribution is 6.12. The maximum atomic E-state index is 13.8. The van der Waals surface area contributed by atoms with Crippen LogP contribution in [-0.4, -0.2) is 37.0 Å². The lowest BCUT2D eigenvalue weighted by molar-refractivity contribution is -0.140. The molecule has 1 atom stereocenters. The number of hydrogen-bond donors (Lipinski definition) is 1. The Balaban J connectivity index is 1.73. The van der Waals surface area contributed by atoms with Crippen molar-refractivity contribution in [3.8, 4) is 0 Å². The number of hydrogen-bond acceptors (Lipinski definition) is 4. The Morgan fingerprint density at radius 1 is 1.03 bits per heavy atom. The third-order valence-corrected chi connectivity index (χ3v) is 6.77. The molecule has 0 unspecified atom stereocenters. The zero-order chi connectivity index (χ0) is 22.6. The SMILES string of the molecule is COC(=O)CCCNC(=O)[C@H]1c2ccccc2C(=O)N(c2ccccc2)C12CCCCC2. The molecule has 0 aromatic heterocycles. The maximum absolute atomic E-state index is 13.8. The van der Waals surface area contributed by atoms with Gasteiger partial charge >= 0.3 is 5.97 Å². The molecule has 0 bridgehead atoms. The first-order chi connectivity index (χ1) is 15.6. The zero-order valence-electron chi connectivity index (χ0n) is 18.5. The van der Waals surface area contributed by atoms with Crippen molar-refractivity contribution in [3.05, 3.63) is 65.7 Å². The Hall–Kier alpha value is -3.15. The number of benzene rings is 2. The van der Waals surface area contributed by atoms with Crippen LogP contribution in [0.15, 0.2) is 54.6 Å². The van der Waals surface area contributed by atoms with Crippen LogP contribution in [0.5, 0.6) is 0 Å². The lowest BCUT2D eigenvalue weighted by atomic mass is 9.65. The van der Waals surface area contributed by atoms with Crippen LogP contribution in [0.3, 0.4) is 0 Å². The maximum Gasteiger partial charge on any atom is 0.305 e. The lowest BCUT2D eigenvalue weighted by Gasteiger charge is -2.53. The second-order valence-electron chi connectivity index (χ2n) is 8.63. The summed E-state index contributed by atoms with van der Waals surface area (Å²) in [5, 5.41) is 3.05. The Labute approximate surface area is 188 Å². The molecule has 1 heterocycles. The minimum atomic E-state index is -0.600. The van der Waals surface area contributed by atoms with Gasteiger partial charge in [-0.25, -0.2) is 0 Å². The Bertz CT molecular complexity index is 982. The molecule has 4 rings (SSSR count). The number of carbonyl (C=O) groups is 3. The topological polar surface area (TPSA) is 75.7 Å². The zero-order valence-corrected chi connectivity index (χ0v) is 18.5. The van der Waals surface area contributed by atoms with Crippen molar-refractivity contribution >= 4 is 23.5 Å². The van der Waals surface area contributed by atoms with Crippen LogP contribution in [0.1, 0.15) is 66.8 Å². The van der Waals surface area contributed by atoms with Crippen LogP contribution in [-0.2, 0) is 14.3 Å². The minimum absolute atomic E-state index is 0.0385. The van der Waals surface area contributed by atoms with E-state index in [1.807, 2.05) is 59.5 Å². The van der Waals surface area contributed by atoms with E-state index in [-0.39, 0.29) is 24.2 Å². The molecule has 32 heavy (non-hydrogen) atoms. The Morgan fingerprint density at radius 3 is 2.44 bits per heavy atom. The number of esters is 1. The van der Waals surface area contributed by atoms with Gasteiger partial charge in [0.2, 0.25) is 5.91 Å². The fourth-order valence-corrected chi connectivity index (χ4v) is 5.35. The highest BCUT2D eigenvalue weighted by atomic mass is 16.5. The number of ether oxygens (including phenoxy) is 1. The van der Waals surface area contributed by atoms with Gasteiger partial charge in [-0.15, -0.1) is 0 Å². The molecule has 2 aromatic carbocycles. The van der Waals surface area contributed by atoms with Gasteiger partial charge in [-0.1, -0.05) is 55.7 Å². The van der Waals surface area contributed by atoms with Crippen LogP contribution in [0.25, 0.3) is 0 Å². The molecular formula is C26H30N2O4. The van der Waals surface area contributed by atoms with E-state index < -0.39 is 11.5 Å². The summed E-state index contributed by atoms with van der Waals surface area (Å²) in [6, 6.07) is 17.2. The van der Waals surface area contributed by atoms with Crippen molar-refractivity contribution in [3.63, 3.8) is 0 Å². The summed E-state index contributed by atoms with van der Waals surface area (Å²) in [7, 11) is 1.36. The van der Waals surface area contributed by atoms with Crippen LogP contribution in [0.2, 0.25) is 0 Å². The molecule has 1 aliphatic heterocycles. The molecule has 1 spiro atoms. The number of rotatable bonds is 6. The molecular weight excluding hydrogens is 404 g/mol. The summed E-state index contributed by atoms with van der Waals surface area (Å²) in [6.45, 7) is 0.391. The van der Waals surface area contributed by atoms with Gasteiger partial charge in [0.15, 0.2) is 0 Å². The average Bonchev–Trinajstić information content (AvgIpc) is 2.83. The van der Waals surface area contributed by atoms with Gasteiger partial charge in [0.1, 0.15) is 0 Å². The van der Waals surface area contributed by atoms with E-state index in [2.05, 4.69) is 10.1 Å². The molecule has 1 fully saturated rings. The van der Waals surface area contributed by atoms with E-state index in [4.69, 9.17) is 0 Å². The number of para-hydroxylation sites is 1. The quantitative estimate of drug-likeness (QED) is 0.546. The molecule has 1 aliphatic carbocycles. The van der Waals surface area contributed by atoms with Gasteiger partial charge in [-0.2, -0.15) is 0 Å². The third kappa shape index (κ3) is 4.01. The van der Waals surface area contributed by atoms with Gasteiger partial charge in [-0.3, -0.25) is 14.4 Å². The number of carbonyl (C=O) groups excluding carboxylic acids is 3. The largest absolute Gasteiger partial charge is 0.469 e. The van der Waals surface area contributed by atoms with Crippen molar-refractivity contribution in [2.45, 2.75) is 56.4 Å². The second-order valence-corrected chi connectivity index (χ2v) is 8.63. The fraction of sp³-hybridized carbons (Fsp3) is 0.423. The Morgan fingerprint density at radius 2 is 1.72 bits per heavy atom. The van der Waals surface area contributed by atoms with Crippen LogP contribution in [0.4, 0.5) is 5.69 Å². The molecule has 6 heteroatoms. The van der Waals surface area contributed by atoms with E-state index >= 15 is 0 Å². The second kappa shape index (κ2) is 9.55. The summed E-state index contributed by atoms with van der Waals surface area (Å²) < 4.78 is 4.69. The van der Waals surface area contributed by atoms with Gasteiger partial charge in [-0.05, 0) is 43.0 Å². The highest BCUT2D eigenvalue weighted by Crippen LogP contribution is 2.50. The van der Waals surface area contributed by atoms with E-state index in [1.165, 1.54) is 7.11 Å². The summed E-state index contributed by atoms with van der Waals surface area (Å²) >= 11 is 0. The molecule has 6 nitrogen and oxygen atoms in total. The molecule has 2 aromatic rings. The van der Waals surface area contributed by atoms with Crippen molar-refractivity contribution in [2.75, 3.05) is 18.6 Å². The van der Waals surface area contributed by atoms with Crippen LogP contribution < -0.4 is 10.2 Å². The molecule has 1 saturated carbocycles. The lowest BCUT2D eigenvalue weighted by Crippen LogP contribution is -2.63. The van der Waals surface area contributed by atoms with Crippen molar-refractivity contribution in [2.24, 2.45) is 0 Å². The van der Waals surface area contributed by atoms with Crippen LogP contribution in [0, 0.1) is 0 Å². The molecule has 2 aliphatic rings. The average molecular weight is 435 g/mol. The standard InChI is InChI=1S/C26H30N2O4/c1-32-22(29)15-10-18-27-24(30)23-20-13-6-7-14-21(20)25(31)28(19-11-4-2-5-12-19)26(23)16-8-3-9-17-26/h2,4-7,11-14,23H,3,8-10,15-18H2,1H3,(H,27,30)/t23-/m1/s1. The van der Waals surface area contributed by atoms with Crippen LogP contribution >= 0.6 is 0 Å². The predicted molar refractivity (Wildman–Crippen MR) is 123 cm³/mol. The minimum Gasteiger partial charge on any atom is -0.469 e. The number of anilines is 1. The number of nitrogens with one attached hydrogen (secondary N) is 1. The Kier molecular flexibility index (Phi) is 6.58. The summed E-state index contributed by atoms with van der Waals surface area (Å²) in [5.74, 6) is -0.872. The van der Waals surface area contributed by atoms with E-state index in [0.29, 0.717) is 18.5 Å². The van der Waals surface area contributed by atoms with Crippen molar-refractivity contribution < 1.29 is 19.1 Å². The molecule has 1 N–H and O–H groups in total. The number of methoxy groups -OCH3 is 1. The van der Waals surface area contributed by atoms with E-state index in [1.54, 1.807) is 0 Å². The predicted octanol–water partition coefficient (Wildman–Crippen LogP) is 4.20. The molecule has 168 valence electrons. The molecule has 0 radical (unpaired) electrons. The van der Waals surface area contributed by atoms with Gasteiger partial charge in [0.05, 0.1) is 18.6 Å². The normalized spacial score (nSPS) is 19.3. The first-order valence-corrected chi connectivity index (χ1v) is 11.4. The third-order valence-electron chi connectivity index (χ3n) is 6.77. The first kappa shape index (κ1) is 22.1. The van der Waals surface area contributed by atoms with E-state index in [9.17, 15) is 14.4 Å². The van der Waals surface area contributed by atoms with Crippen molar-refractivity contribution in [1.82, 2.24) is 5.32 Å². The van der Waals surface area contributed by atoms with E-state index in [0.717, 1.165) is 43.4 Å². The monoisotopic (exact) mass is 434 g/mol. The smallest absolute Gasteiger partial charge is 0.305 e.